The molecule has 1 fully saturated rings. The summed E-state index contributed by atoms with van der Waals surface area (Å²) in [6, 6.07) is 11.5. The molecule has 1 aliphatic rings. The summed E-state index contributed by atoms with van der Waals surface area (Å²) in [6.45, 7) is -0.149. The molecule has 1 saturated heterocycles. The molecule has 0 spiro atoms. The molecule has 3 amide bonds. The van der Waals surface area contributed by atoms with Gasteiger partial charge in [0.15, 0.2) is 11.9 Å². The largest absolute Gasteiger partial charge is 0.416 e. The number of alkyl halides is 3. The lowest BCUT2D eigenvalue weighted by Crippen LogP contribution is -2.50. The SMILES string of the molecule is N=C(c1ccc(Cl)cc1)N(C[C@H](O)C(F)(F)F)C(=O)NCc1ncn(-c2ccccc2C(=O)N2CCCCCC2)n1. The van der Waals surface area contributed by atoms with Crippen molar-refractivity contribution in [1.29, 1.82) is 5.41 Å². The summed E-state index contributed by atoms with van der Waals surface area (Å²) in [6.07, 6.45) is -2.48. The van der Waals surface area contributed by atoms with Gasteiger partial charge in [-0.2, -0.15) is 13.2 Å². The summed E-state index contributed by atoms with van der Waals surface area (Å²) in [5.74, 6) is -0.570. The number of nitrogens with zero attached hydrogens (tertiary/aromatic N) is 5. The third-order valence-corrected chi connectivity index (χ3v) is 6.83. The fourth-order valence-electron chi connectivity index (χ4n) is 4.36. The van der Waals surface area contributed by atoms with Gasteiger partial charge < -0.3 is 15.3 Å². The lowest BCUT2D eigenvalue weighted by molar-refractivity contribution is -0.204. The van der Waals surface area contributed by atoms with Crippen molar-refractivity contribution in [3.8, 4) is 5.69 Å². The van der Waals surface area contributed by atoms with Crippen LogP contribution in [0, 0.1) is 5.41 Å². The lowest BCUT2D eigenvalue weighted by Gasteiger charge is -2.27. The minimum Gasteiger partial charge on any atom is -0.382 e. The number of hydrogen-bond acceptors (Lipinski definition) is 6. The van der Waals surface area contributed by atoms with Gasteiger partial charge >= 0.3 is 12.2 Å². The van der Waals surface area contributed by atoms with Crippen molar-refractivity contribution in [3.63, 3.8) is 0 Å². The molecule has 4 rings (SSSR count). The summed E-state index contributed by atoms with van der Waals surface area (Å²) in [5.41, 5.74) is 1.05. The highest BCUT2D eigenvalue weighted by Crippen LogP contribution is 2.22. The highest BCUT2D eigenvalue weighted by Gasteiger charge is 2.41. The zero-order valence-electron chi connectivity index (χ0n) is 21.9. The number of aromatic nitrogens is 3. The van der Waals surface area contributed by atoms with Crippen molar-refractivity contribution in [2.45, 2.75) is 44.5 Å². The van der Waals surface area contributed by atoms with Crippen LogP contribution in [0.4, 0.5) is 18.0 Å². The van der Waals surface area contributed by atoms with E-state index in [-0.39, 0.29) is 23.8 Å². The molecule has 0 radical (unpaired) electrons. The molecule has 10 nitrogen and oxygen atoms in total. The Bertz CT molecular complexity index is 1370. The maximum absolute atomic E-state index is 13.3. The minimum atomic E-state index is -5.00. The Morgan fingerprint density at radius 3 is 2.39 bits per heavy atom. The molecule has 0 bridgehead atoms. The Hall–Kier alpha value is -3.97. The van der Waals surface area contributed by atoms with E-state index in [0.29, 0.717) is 34.3 Å². The van der Waals surface area contributed by atoms with Crippen molar-refractivity contribution in [2.24, 2.45) is 0 Å². The summed E-state index contributed by atoms with van der Waals surface area (Å²) < 4.78 is 40.7. The predicted octanol–water partition coefficient (Wildman–Crippen LogP) is 4.40. The number of aliphatic hydroxyl groups excluding tert-OH is 1. The van der Waals surface area contributed by atoms with E-state index in [1.807, 2.05) is 4.90 Å². The number of nitrogens with one attached hydrogen (secondary N) is 2. The number of para-hydroxylation sites is 1. The molecule has 0 aliphatic carbocycles. The third kappa shape index (κ3) is 7.61. The van der Waals surface area contributed by atoms with Crippen molar-refractivity contribution in [3.05, 3.63) is 76.8 Å². The van der Waals surface area contributed by atoms with Crippen LogP contribution in [0.2, 0.25) is 5.02 Å². The standard InChI is InChI=1S/C27H29ClF3N7O3/c28-19-11-9-18(10-12-19)24(32)37(16-22(39)27(29,30)31)26(41)33-15-23-34-17-38(35-23)21-8-4-3-7-20(21)25(40)36-13-5-1-2-6-14-36/h3-4,7-12,17,22,32,39H,1-2,5-6,13-16H2,(H,33,41)/t22-/m0/s1. The van der Waals surface area contributed by atoms with Crippen LogP contribution in [0.15, 0.2) is 54.9 Å². The number of amidine groups is 1. The maximum Gasteiger partial charge on any atom is 0.416 e. The summed E-state index contributed by atoms with van der Waals surface area (Å²) in [5, 5.41) is 25.0. The predicted molar refractivity (Wildman–Crippen MR) is 145 cm³/mol. The van der Waals surface area contributed by atoms with Crippen LogP contribution in [-0.4, -0.2) is 79.4 Å². The highest BCUT2D eigenvalue weighted by atomic mass is 35.5. The Balaban J connectivity index is 1.49. The van der Waals surface area contributed by atoms with Crippen LogP contribution in [0.25, 0.3) is 5.69 Å². The lowest BCUT2D eigenvalue weighted by atomic mass is 10.1. The smallest absolute Gasteiger partial charge is 0.382 e. The van der Waals surface area contributed by atoms with Crippen LogP contribution < -0.4 is 5.32 Å². The topological polar surface area (TPSA) is 127 Å². The van der Waals surface area contributed by atoms with Crippen LogP contribution >= 0.6 is 11.6 Å². The summed E-state index contributed by atoms with van der Waals surface area (Å²) in [7, 11) is 0. The molecular weight excluding hydrogens is 563 g/mol. The zero-order chi connectivity index (χ0) is 29.6. The molecule has 2 aromatic carbocycles. The van der Waals surface area contributed by atoms with E-state index in [4.69, 9.17) is 17.0 Å². The molecular formula is C27H29ClF3N7O3. The number of amides is 3. The molecule has 1 aromatic heterocycles. The molecule has 0 unspecified atom stereocenters. The molecule has 1 aliphatic heterocycles. The average molecular weight is 592 g/mol. The second kappa shape index (κ2) is 13.1. The van der Waals surface area contributed by atoms with E-state index >= 15 is 0 Å². The molecule has 3 aromatic rings. The van der Waals surface area contributed by atoms with Crippen LogP contribution in [0.5, 0.6) is 0 Å². The third-order valence-electron chi connectivity index (χ3n) is 6.58. The average Bonchev–Trinajstić information content (AvgIpc) is 3.26. The Kier molecular flexibility index (Phi) is 9.61. The maximum atomic E-state index is 13.3. The number of urea groups is 1. The number of hydrogen-bond donors (Lipinski definition) is 3. The number of benzene rings is 2. The van der Waals surface area contributed by atoms with E-state index in [1.54, 1.807) is 24.3 Å². The Labute approximate surface area is 239 Å². The van der Waals surface area contributed by atoms with Gasteiger partial charge in [-0.3, -0.25) is 15.1 Å². The second-order valence-corrected chi connectivity index (χ2v) is 9.95. The van der Waals surface area contributed by atoms with Crippen LogP contribution in [0.3, 0.4) is 0 Å². The first-order valence-electron chi connectivity index (χ1n) is 13.0. The molecule has 0 saturated carbocycles. The van der Waals surface area contributed by atoms with E-state index in [9.17, 15) is 27.9 Å². The first kappa shape index (κ1) is 30.0. The molecule has 41 heavy (non-hydrogen) atoms. The van der Waals surface area contributed by atoms with E-state index in [0.717, 1.165) is 25.7 Å². The molecule has 1 atom stereocenters. The minimum absolute atomic E-state index is 0.115. The van der Waals surface area contributed by atoms with E-state index in [2.05, 4.69) is 15.4 Å². The molecule has 2 heterocycles. The number of rotatable bonds is 7. The van der Waals surface area contributed by atoms with E-state index < -0.39 is 30.7 Å². The van der Waals surface area contributed by atoms with Gasteiger partial charge in [0, 0.05) is 23.7 Å². The van der Waals surface area contributed by atoms with Crippen molar-refractivity contribution < 1.29 is 27.9 Å². The number of likely N-dealkylation sites (tertiary alicyclic amines) is 1. The number of aliphatic hydroxyl groups is 1. The van der Waals surface area contributed by atoms with Gasteiger partial charge in [-0.15, -0.1) is 5.10 Å². The fraction of sp³-hybridized carbons (Fsp3) is 0.370. The van der Waals surface area contributed by atoms with Gasteiger partial charge in [0.05, 0.1) is 24.3 Å². The van der Waals surface area contributed by atoms with Gasteiger partial charge in [0.2, 0.25) is 0 Å². The Morgan fingerprint density at radius 1 is 1.07 bits per heavy atom. The molecule has 3 N–H and O–H groups in total. The van der Waals surface area contributed by atoms with Crippen LogP contribution in [-0.2, 0) is 6.54 Å². The van der Waals surface area contributed by atoms with E-state index in [1.165, 1.54) is 35.3 Å². The monoisotopic (exact) mass is 591 g/mol. The van der Waals surface area contributed by atoms with Crippen molar-refractivity contribution in [2.75, 3.05) is 19.6 Å². The molecule has 14 heteroatoms. The highest BCUT2D eigenvalue weighted by molar-refractivity contribution is 6.30. The van der Waals surface area contributed by atoms with Gasteiger partial charge in [-0.05, 0) is 49.2 Å². The number of carbonyl (C=O) groups excluding carboxylic acids is 2. The van der Waals surface area contributed by atoms with Gasteiger partial charge in [0.1, 0.15) is 12.2 Å². The van der Waals surface area contributed by atoms with Gasteiger partial charge in [-0.1, -0.05) is 36.6 Å². The summed E-state index contributed by atoms with van der Waals surface area (Å²) >= 11 is 5.85. The van der Waals surface area contributed by atoms with Crippen LogP contribution in [0.1, 0.15) is 47.4 Å². The quantitative estimate of drug-likeness (QED) is 0.277. The Morgan fingerprint density at radius 2 is 1.73 bits per heavy atom. The first-order valence-corrected chi connectivity index (χ1v) is 13.4. The normalized spacial score (nSPS) is 14.7. The fourth-order valence-corrected chi connectivity index (χ4v) is 4.48. The van der Waals surface area contributed by atoms with Gasteiger partial charge in [-0.25, -0.2) is 14.5 Å². The second-order valence-electron chi connectivity index (χ2n) is 9.51. The first-order chi connectivity index (χ1) is 19.5. The molecule has 218 valence electrons. The number of carbonyl (C=O) groups is 2. The van der Waals surface area contributed by atoms with Gasteiger partial charge in [0.25, 0.3) is 5.91 Å². The number of halogens is 4. The summed E-state index contributed by atoms with van der Waals surface area (Å²) in [4.78, 5) is 32.7. The van der Waals surface area contributed by atoms with Crippen molar-refractivity contribution in [1.82, 2.24) is 29.9 Å². The van der Waals surface area contributed by atoms with Crippen molar-refractivity contribution >= 4 is 29.4 Å². The zero-order valence-corrected chi connectivity index (χ0v) is 22.7.